The van der Waals surface area contributed by atoms with Crippen LogP contribution in [-0.4, -0.2) is 0 Å². The van der Waals surface area contributed by atoms with E-state index >= 15 is 0 Å². The zero-order valence-electron chi connectivity index (χ0n) is 8.41. The van der Waals surface area contributed by atoms with Gasteiger partial charge in [0.2, 0.25) is 0 Å². The molecule has 0 unspecified atom stereocenters. The van der Waals surface area contributed by atoms with Gasteiger partial charge in [0, 0.05) is 9.79 Å². The molecule has 0 amide bonds. The minimum absolute atomic E-state index is 0.176. The molecule has 0 atom stereocenters. The van der Waals surface area contributed by atoms with Crippen LogP contribution in [0.5, 0.6) is 0 Å². The highest BCUT2D eigenvalue weighted by molar-refractivity contribution is 7.99. The Bertz CT molecular complexity index is 451. The van der Waals surface area contributed by atoms with Crippen molar-refractivity contribution in [3.63, 3.8) is 0 Å². The Morgan fingerprint density at radius 3 is 2.40 bits per heavy atom. The van der Waals surface area contributed by atoms with E-state index in [0.717, 1.165) is 10.5 Å². The molecule has 0 bridgehead atoms. The normalized spacial score (nSPS) is 10.3. The van der Waals surface area contributed by atoms with Crippen molar-refractivity contribution < 1.29 is 4.39 Å². The summed E-state index contributed by atoms with van der Waals surface area (Å²) in [6, 6.07) is 15.0. The van der Waals surface area contributed by atoms with E-state index in [1.165, 1.54) is 11.0 Å². The summed E-state index contributed by atoms with van der Waals surface area (Å²) in [7, 11) is 0. The lowest BCUT2D eigenvalue weighted by Crippen LogP contribution is -1.82. The smallest absolute Gasteiger partial charge is 0.123 e. The van der Waals surface area contributed by atoms with Gasteiger partial charge in [-0.25, -0.2) is 4.39 Å². The van der Waals surface area contributed by atoms with Gasteiger partial charge in [-0.15, -0.1) is 0 Å². The minimum Gasteiger partial charge on any atom is -0.207 e. The number of halogens is 1. The van der Waals surface area contributed by atoms with Gasteiger partial charge in [0.1, 0.15) is 5.82 Å². The molecular formula is C13H11FS. The second-order valence-corrected chi connectivity index (χ2v) is 4.44. The fourth-order valence-electron chi connectivity index (χ4n) is 1.34. The van der Waals surface area contributed by atoms with Gasteiger partial charge in [-0.1, -0.05) is 30.0 Å². The van der Waals surface area contributed by atoms with Gasteiger partial charge in [-0.2, -0.15) is 0 Å². The average molecular weight is 218 g/mol. The molecular weight excluding hydrogens is 207 g/mol. The van der Waals surface area contributed by atoms with E-state index < -0.39 is 0 Å². The monoisotopic (exact) mass is 218 g/mol. The summed E-state index contributed by atoms with van der Waals surface area (Å²) in [6.45, 7) is 1.92. The van der Waals surface area contributed by atoms with Crippen molar-refractivity contribution in [3.05, 3.63) is 59.9 Å². The zero-order chi connectivity index (χ0) is 10.7. The van der Waals surface area contributed by atoms with Crippen LogP contribution in [0.3, 0.4) is 0 Å². The van der Waals surface area contributed by atoms with E-state index in [2.05, 4.69) is 0 Å². The van der Waals surface area contributed by atoms with Gasteiger partial charge >= 0.3 is 0 Å². The van der Waals surface area contributed by atoms with Crippen LogP contribution in [-0.2, 0) is 0 Å². The Balaban J connectivity index is 2.25. The lowest BCUT2D eigenvalue weighted by molar-refractivity contribution is 0.625. The first-order chi connectivity index (χ1) is 7.25. The van der Waals surface area contributed by atoms with Crippen molar-refractivity contribution in [1.82, 2.24) is 0 Å². The number of rotatable bonds is 2. The molecule has 0 spiro atoms. The van der Waals surface area contributed by atoms with E-state index in [9.17, 15) is 4.39 Å². The molecule has 0 nitrogen and oxygen atoms in total. The van der Waals surface area contributed by atoms with E-state index in [0.29, 0.717) is 0 Å². The highest BCUT2D eigenvalue weighted by Crippen LogP contribution is 2.30. The van der Waals surface area contributed by atoms with Crippen LogP contribution in [0.4, 0.5) is 4.39 Å². The molecule has 0 saturated heterocycles. The standard InChI is InChI=1S/C13H11FS/c1-10-9-11(14)7-8-13(10)15-12-5-3-2-4-6-12/h2-9H,1H3. The quantitative estimate of drug-likeness (QED) is 0.724. The van der Waals surface area contributed by atoms with Crippen molar-refractivity contribution in [1.29, 1.82) is 0 Å². The van der Waals surface area contributed by atoms with E-state index in [4.69, 9.17) is 0 Å². The number of hydrogen-bond donors (Lipinski definition) is 0. The molecule has 0 aliphatic carbocycles. The third-order valence-corrected chi connectivity index (χ3v) is 3.29. The molecule has 2 aromatic rings. The molecule has 0 aliphatic rings. The maximum atomic E-state index is 12.9. The molecule has 0 fully saturated rings. The second kappa shape index (κ2) is 4.49. The van der Waals surface area contributed by atoms with Crippen LogP contribution in [0.15, 0.2) is 58.3 Å². The molecule has 0 saturated carbocycles. The fraction of sp³-hybridized carbons (Fsp3) is 0.0769. The highest BCUT2D eigenvalue weighted by atomic mass is 32.2. The predicted molar refractivity (Wildman–Crippen MR) is 61.7 cm³/mol. The third-order valence-electron chi connectivity index (χ3n) is 2.11. The van der Waals surface area contributed by atoms with Crippen molar-refractivity contribution in [2.24, 2.45) is 0 Å². The van der Waals surface area contributed by atoms with Gasteiger partial charge in [0.15, 0.2) is 0 Å². The topological polar surface area (TPSA) is 0 Å². The first-order valence-electron chi connectivity index (χ1n) is 4.75. The average Bonchev–Trinajstić information content (AvgIpc) is 2.24. The molecule has 0 radical (unpaired) electrons. The summed E-state index contributed by atoms with van der Waals surface area (Å²) in [5.41, 5.74) is 0.976. The largest absolute Gasteiger partial charge is 0.207 e. The number of benzene rings is 2. The lowest BCUT2D eigenvalue weighted by atomic mass is 10.2. The van der Waals surface area contributed by atoms with Crippen molar-refractivity contribution in [3.8, 4) is 0 Å². The van der Waals surface area contributed by atoms with E-state index in [1.807, 2.05) is 43.3 Å². The molecule has 76 valence electrons. The third kappa shape index (κ3) is 2.60. The molecule has 2 aromatic carbocycles. The van der Waals surface area contributed by atoms with Crippen molar-refractivity contribution in [2.45, 2.75) is 16.7 Å². The SMILES string of the molecule is Cc1cc(F)ccc1Sc1ccccc1. The summed E-state index contributed by atoms with van der Waals surface area (Å²) in [6.07, 6.45) is 0. The van der Waals surface area contributed by atoms with Crippen LogP contribution in [0, 0.1) is 12.7 Å². The molecule has 0 heterocycles. The second-order valence-electron chi connectivity index (χ2n) is 3.32. The Kier molecular flexibility index (Phi) is 3.07. The van der Waals surface area contributed by atoms with Crippen molar-refractivity contribution >= 4 is 11.8 Å². The van der Waals surface area contributed by atoms with Gasteiger partial charge in [-0.05, 0) is 42.8 Å². The van der Waals surface area contributed by atoms with Crippen LogP contribution in [0.25, 0.3) is 0 Å². The van der Waals surface area contributed by atoms with Crippen LogP contribution in [0.1, 0.15) is 5.56 Å². The molecule has 2 heteroatoms. The molecule has 15 heavy (non-hydrogen) atoms. The maximum absolute atomic E-state index is 12.9. The van der Waals surface area contributed by atoms with E-state index in [-0.39, 0.29) is 5.82 Å². The van der Waals surface area contributed by atoms with Crippen LogP contribution >= 0.6 is 11.8 Å². The fourth-order valence-corrected chi connectivity index (χ4v) is 2.25. The number of hydrogen-bond acceptors (Lipinski definition) is 1. The van der Waals surface area contributed by atoms with Crippen LogP contribution < -0.4 is 0 Å². The summed E-state index contributed by atoms with van der Waals surface area (Å²) in [4.78, 5) is 2.27. The summed E-state index contributed by atoms with van der Waals surface area (Å²) in [5.74, 6) is -0.176. The maximum Gasteiger partial charge on any atom is 0.123 e. The summed E-state index contributed by atoms with van der Waals surface area (Å²) >= 11 is 1.66. The molecule has 0 aliphatic heterocycles. The predicted octanol–water partition coefficient (Wildman–Crippen LogP) is 4.29. The van der Waals surface area contributed by atoms with Gasteiger partial charge in [0.25, 0.3) is 0 Å². The van der Waals surface area contributed by atoms with Crippen LogP contribution in [0.2, 0.25) is 0 Å². The highest BCUT2D eigenvalue weighted by Gasteiger charge is 2.01. The van der Waals surface area contributed by atoms with Gasteiger partial charge in [0.05, 0.1) is 0 Å². The minimum atomic E-state index is -0.176. The first kappa shape index (κ1) is 10.2. The zero-order valence-corrected chi connectivity index (χ0v) is 9.22. The Labute approximate surface area is 93.1 Å². The molecule has 2 rings (SSSR count). The number of aryl methyl sites for hydroxylation is 1. The molecule has 0 aromatic heterocycles. The lowest BCUT2D eigenvalue weighted by Gasteiger charge is -2.04. The Morgan fingerprint density at radius 2 is 1.73 bits per heavy atom. The van der Waals surface area contributed by atoms with Gasteiger partial charge in [-0.3, -0.25) is 0 Å². The summed E-state index contributed by atoms with van der Waals surface area (Å²) < 4.78 is 12.9. The van der Waals surface area contributed by atoms with Gasteiger partial charge < -0.3 is 0 Å². The summed E-state index contributed by atoms with van der Waals surface area (Å²) in [5, 5.41) is 0. The Morgan fingerprint density at radius 1 is 1.00 bits per heavy atom. The molecule has 0 N–H and O–H groups in total. The van der Waals surface area contributed by atoms with E-state index in [1.54, 1.807) is 17.8 Å². The Hall–Kier alpha value is -1.28. The first-order valence-corrected chi connectivity index (χ1v) is 5.56. The van der Waals surface area contributed by atoms with Crippen molar-refractivity contribution in [2.75, 3.05) is 0 Å².